The topological polar surface area (TPSA) is 49.8 Å². The van der Waals surface area contributed by atoms with Crippen molar-refractivity contribution in [3.63, 3.8) is 0 Å². The van der Waals surface area contributed by atoms with Gasteiger partial charge in [0, 0.05) is 22.7 Å². The molecule has 0 atom stereocenters. The van der Waals surface area contributed by atoms with Crippen molar-refractivity contribution < 1.29 is 0 Å². The molecule has 0 fully saturated rings. The van der Waals surface area contributed by atoms with Gasteiger partial charge in [-0.15, -0.1) is 11.8 Å². The lowest BCUT2D eigenvalue weighted by molar-refractivity contribution is 1.02. The van der Waals surface area contributed by atoms with Crippen molar-refractivity contribution in [2.24, 2.45) is 0 Å². The zero-order valence-corrected chi connectivity index (χ0v) is 13.1. The van der Waals surface area contributed by atoms with Gasteiger partial charge in [0.2, 0.25) is 0 Å². The van der Waals surface area contributed by atoms with Gasteiger partial charge in [0.25, 0.3) is 0 Å². The van der Waals surface area contributed by atoms with Gasteiger partial charge in [-0.1, -0.05) is 6.07 Å². The van der Waals surface area contributed by atoms with E-state index in [0.717, 1.165) is 35.3 Å². The molecule has 0 amide bonds. The number of nitrogens with one attached hydrogen (secondary N) is 2. The van der Waals surface area contributed by atoms with E-state index in [4.69, 9.17) is 0 Å². The first-order chi connectivity index (χ1) is 9.63. The van der Waals surface area contributed by atoms with Gasteiger partial charge in [-0.25, -0.2) is 9.97 Å². The van der Waals surface area contributed by atoms with Gasteiger partial charge in [-0.3, -0.25) is 0 Å². The van der Waals surface area contributed by atoms with E-state index in [1.54, 1.807) is 11.8 Å². The lowest BCUT2D eigenvalue weighted by Crippen LogP contribution is -2.07. The molecule has 2 aromatic rings. The van der Waals surface area contributed by atoms with Crippen LogP contribution in [-0.2, 0) is 0 Å². The van der Waals surface area contributed by atoms with Crippen molar-refractivity contribution in [3.05, 3.63) is 35.7 Å². The van der Waals surface area contributed by atoms with Crippen molar-refractivity contribution in [3.8, 4) is 0 Å². The summed E-state index contributed by atoms with van der Waals surface area (Å²) in [6, 6.07) is 8.30. The van der Waals surface area contributed by atoms with E-state index in [-0.39, 0.29) is 0 Å². The molecule has 1 aromatic carbocycles. The molecule has 0 saturated heterocycles. The fraction of sp³-hybridized carbons (Fsp3) is 0.333. The summed E-state index contributed by atoms with van der Waals surface area (Å²) in [7, 11) is 0. The second-order valence-electron chi connectivity index (χ2n) is 4.48. The average Bonchev–Trinajstić information content (AvgIpc) is 2.44. The normalized spacial score (nSPS) is 10.4. The fourth-order valence-electron chi connectivity index (χ4n) is 1.93. The summed E-state index contributed by atoms with van der Waals surface area (Å²) < 4.78 is 0. The lowest BCUT2D eigenvalue weighted by Gasteiger charge is -2.14. The Bertz CT molecular complexity index is 598. The first-order valence-electron chi connectivity index (χ1n) is 6.64. The summed E-state index contributed by atoms with van der Waals surface area (Å²) in [5.74, 6) is 2.50. The first-order valence-corrected chi connectivity index (χ1v) is 7.86. The Hall–Kier alpha value is -1.75. The Morgan fingerprint density at radius 2 is 1.90 bits per heavy atom. The van der Waals surface area contributed by atoms with Crippen molar-refractivity contribution >= 4 is 29.1 Å². The number of anilines is 3. The molecule has 2 rings (SSSR count). The fourth-order valence-corrected chi connectivity index (χ4v) is 2.39. The van der Waals surface area contributed by atoms with Gasteiger partial charge < -0.3 is 10.6 Å². The van der Waals surface area contributed by atoms with Crippen LogP contribution in [0.2, 0.25) is 0 Å². The Kier molecular flexibility index (Phi) is 4.84. The summed E-state index contributed by atoms with van der Waals surface area (Å²) in [6.07, 6.45) is 2.07. The van der Waals surface area contributed by atoms with Crippen LogP contribution in [0.3, 0.4) is 0 Å². The molecule has 20 heavy (non-hydrogen) atoms. The third kappa shape index (κ3) is 3.42. The first kappa shape index (κ1) is 14.7. The second-order valence-corrected chi connectivity index (χ2v) is 5.36. The molecule has 0 bridgehead atoms. The molecule has 0 saturated carbocycles. The van der Waals surface area contributed by atoms with Gasteiger partial charge in [0.05, 0.1) is 0 Å². The Morgan fingerprint density at radius 3 is 2.60 bits per heavy atom. The van der Waals surface area contributed by atoms with E-state index < -0.39 is 0 Å². The highest BCUT2D eigenvalue weighted by molar-refractivity contribution is 7.98. The van der Waals surface area contributed by atoms with E-state index in [2.05, 4.69) is 45.9 Å². The maximum atomic E-state index is 4.50. The van der Waals surface area contributed by atoms with Crippen molar-refractivity contribution in [1.82, 2.24) is 9.97 Å². The maximum Gasteiger partial charge on any atom is 0.139 e. The van der Waals surface area contributed by atoms with Gasteiger partial charge in [0.1, 0.15) is 17.5 Å². The minimum absolute atomic E-state index is 0.759. The molecule has 0 spiro atoms. The smallest absolute Gasteiger partial charge is 0.139 e. The number of hydrogen-bond acceptors (Lipinski definition) is 5. The summed E-state index contributed by atoms with van der Waals surface area (Å²) in [5, 5.41) is 6.65. The van der Waals surface area contributed by atoms with Crippen LogP contribution in [0.4, 0.5) is 17.3 Å². The maximum absolute atomic E-state index is 4.50. The second kappa shape index (κ2) is 6.61. The number of thioether (sulfide) groups is 1. The van der Waals surface area contributed by atoms with Crippen LogP contribution in [0.5, 0.6) is 0 Å². The number of rotatable bonds is 5. The van der Waals surface area contributed by atoms with Gasteiger partial charge >= 0.3 is 0 Å². The number of aromatic nitrogens is 2. The highest BCUT2D eigenvalue weighted by Gasteiger charge is 2.09. The van der Waals surface area contributed by atoms with Crippen LogP contribution in [0.15, 0.2) is 29.2 Å². The van der Waals surface area contributed by atoms with Crippen molar-refractivity contribution in [2.45, 2.75) is 25.7 Å². The summed E-state index contributed by atoms with van der Waals surface area (Å²) in [4.78, 5) is 10.2. The van der Waals surface area contributed by atoms with Crippen LogP contribution in [0.25, 0.3) is 0 Å². The van der Waals surface area contributed by atoms with Crippen LogP contribution < -0.4 is 10.6 Å². The molecule has 0 aliphatic carbocycles. The van der Waals surface area contributed by atoms with Crippen LogP contribution >= 0.6 is 11.8 Å². The largest absolute Gasteiger partial charge is 0.370 e. The molecule has 0 aliphatic heterocycles. The predicted octanol–water partition coefficient (Wildman–Crippen LogP) is 3.99. The number of benzene rings is 1. The minimum atomic E-state index is 0.759. The molecule has 1 heterocycles. The van der Waals surface area contributed by atoms with Crippen molar-refractivity contribution in [2.75, 3.05) is 23.4 Å². The summed E-state index contributed by atoms with van der Waals surface area (Å²) >= 11 is 1.73. The Labute approximate surface area is 124 Å². The Balaban J connectivity index is 2.32. The van der Waals surface area contributed by atoms with Crippen LogP contribution in [-0.4, -0.2) is 22.8 Å². The van der Waals surface area contributed by atoms with Gasteiger partial charge in [-0.2, -0.15) is 0 Å². The van der Waals surface area contributed by atoms with E-state index in [9.17, 15) is 0 Å². The van der Waals surface area contributed by atoms with Gasteiger partial charge in [-0.05, 0) is 45.2 Å². The predicted molar refractivity (Wildman–Crippen MR) is 87.2 cm³/mol. The molecule has 0 radical (unpaired) electrons. The molecule has 2 N–H and O–H groups in total. The lowest BCUT2D eigenvalue weighted by atomic mass is 10.2. The standard InChI is InChI=1S/C15H20N4S/c1-5-16-14-10(2)15(18-11(3)17-14)19-12-7-6-8-13(9-12)20-4/h6-9H,5H2,1-4H3,(H2,16,17,18,19). The molecule has 0 unspecified atom stereocenters. The van der Waals surface area contributed by atoms with Crippen LogP contribution in [0, 0.1) is 13.8 Å². The third-order valence-corrected chi connectivity index (χ3v) is 3.66. The minimum Gasteiger partial charge on any atom is -0.370 e. The number of nitrogens with zero attached hydrogens (tertiary/aromatic N) is 2. The molecule has 4 nitrogen and oxygen atoms in total. The monoisotopic (exact) mass is 288 g/mol. The van der Waals surface area contributed by atoms with E-state index in [1.807, 2.05) is 26.0 Å². The van der Waals surface area contributed by atoms with E-state index in [1.165, 1.54) is 4.90 Å². The highest BCUT2D eigenvalue weighted by atomic mass is 32.2. The van der Waals surface area contributed by atoms with E-state index in [0.29, 0.717) is 0 Å². The number of aryl methyl sites for hydroxylation is 1. The highest BCUT2D eigenvalue weighted by Crippen LogP contribution is 2.25. The van der Waals surface area contributed by atoms with Crippen molar-refractivity contribution in [1.29, 1.82) is 0 Å². The Morgan fingerprint density at radius 1 is 1.15 bits per heavy atom. The average molecular weight is 288 g/mol. The molecule has 5 heteroatoms. The quantitative estimate of drug-likeness (QED) is 0.815. The third-order valence-electron chi connectivity index (χ3n) is 2.93. The van der Waals surface area contributed by atoms with Crippen LogP contribution in [0.1, 0.15) is 18.3 Å². The van der Waals surface area contributed by atoms with Gasteiger partial charge in [0.15, 0.2) is 0 Å². The van der Waals surface area contributed by atoms with E-state index >= 15 is 0 Å². The zero-order chi connectivity index (χ0) is 14.5. The SMILES string of the molecule is CCNc1nc(C)nc(Nc2cccc(SC)c2)c1C. The molecule has 0 aliphatic rings. The zero-order valence-electron chi connectivity index (χ0n) is 12.3. The summed E-state index contributed by atoms with van der Waals surface area (Å²) in [6.45, 7) is 6.84. The summed E-state index contributed by atoms with van der Waals surface area (Å²) in [5.41, 5.74) is 2.08. The molecule has 106 valence electrons. The molecule has 1 aromatic heterocycles. The molecular weight excluding hydrogens is 268 g/mol. The molecular formula is C15H20N4S. The number of hydrogen-bond donors (Lipinski definition) is 2.